The highest BCUT2D eigenvalue weighted by atomic mass is 15.2. The molecule has 0 saturated carbocycles. The second-order valence-corrected chi connectivity index (χ2v) is 8.19. The Morgan fingerprint density at radius 1 is 1.00 bits per heavy atom. The van der Waals surface area contributed by atoms with Crippen LogP contribution in [0.5, 0.6) is 0 Å². The summed E-state index contributed by atoms with van der Waals surface area (Å²) in [5.41, 5.74) is 1.10. The fourth-order valence-electron chi connectivity index (χ4n) is 3.39. The van der Waals surface area contributed by atoms with Gasteiger partial charge in [-0.15, -0.1) is 0 Å². The molecule has 0 aromatic rings. The van der Waals surface area contributed by atoms with Gasteiger partial charge in [0.2, 0.25) is 0 Å². The van der Waals surface area contributed by atoms with E-state index in [1.54, 1.807) is 0 Å². The first kappa shape index (κ1) is 14.0. The van der Waals surface area contributed by atoms with Gasteiger partial charge in [-0.25, -0.2) is 0 Å². The van der Waals surface area contributed by atoms with Crippen molar-refractivity contribution in [2.24, 2.45) is 11.3 Å². The van der Waals surface area contributed by atoms with Crippen molar-refractivity contribution < 1.29 is 0 Å². The lowest BCUT2D eigenvalue weighted by Crippen LogP contribution is -2.59. The summed E-state index contributed by atoms with van der Waals surface area (Å²) in [4.78, 5) is 2.68. The summed E-state index contributed by atoms with van der Waals surface area (Å²) in [6.07, 6.45) is 2.68. The van der Waals surface area contributed by atoms with Crippen molar-refractivity contribution in [2.45, 2.75) is 79.3 Å². The standard InChI is InChI=1S/C15H31N/c1-13(2,3)12-9-10-16(14(4,5)6)15(7,8)11-12/h12H,9-11H2,1-8H3. The van der Waals surface area contributed by atoms with Crippen LogP contribution in [0.4, 0.5) is 0 Å². The van der Waals surface area contributed by atoms with Crippen molar-refractivity contribution in [3.8, 4) is 0 Å². The molecule has 1 aliphatic heterocycles. The predicted octanol–water partition coefficient (Wildman–Crippen LogP) is 4.32. The van der Waals surface area contributed by atoms with Gasteiger partial charge in [-0.05, 0) is 65.3 Å². The van der Waals surface area contributed by atoms with Crippen LogP contribution in [-0.4, -0.2) is 22.5 Å². The average Bonchev–Trinajstić information content (AvgIpc) is 1.97. The van der Waals surface area contributed by atoms with Crippen LogP contribution in [-0.2, 0) is 0 Å². The second kappa shape index (κ2) is 4.01. The molecular weight excluding hydrogens is 194 g/mol. The lowest BCUT2D eigenvalue weighted by Gasteiger charge is -2.54. The number of hydrogen-bond donors (Lipinski definition) is 0. The van der Waals surface area contributed by atoms with Crippen LogP contribution in [0.1, 0.15) is 68.2 Å². The number of likely N-dealkylation sites (tertiary alicyclic amines) is 1. The van der Waals surface area contributed by atoms with Gasteiger partial charge in [0.1, 0.15) is 0 Å². The maximum atomic E-state index is 2.68. The molecule has 1 rings (SSSR count). The van der Waals surface area contributed by atoms with E-state index >= 15 is 0 Å². The van der Waals surface area contributed by atoms with E-state index in [0.717, 1.165) is 5.92 Å². The Labute approximate surface area is 103 Å². The molecule has 0 bridgehead atoms. The zero-order valence-corrected chi connectivity index (χ0v) is 12.6. The summed E-state index contributed by atoms with van der Waals surface area (Å²) in [6, 6.07) is 0. The van der Waals surface area contributed by atoms with Gasteiger partial charge in [0.25, 0.3) is 0 Å². The smallest absolute Gasteiger partial charge is 0.0161 e. The Kier molecular flexibility index (Phi) is 3.52. The normalized spacial score (nSPS) is 28.1. The molecule has 0 N–H and O–H groups in total. The molecule has 0 spiro atoms. The molecule has 1 heteroatoms. The van der Waals surface area contributed by atoms with Crippen molar-refractivity contribution in [3.05, 3.63) is 0 Å². The van der Waals surface area contributed by atoms with Gasteiger partial charge in [-0.3, -0.25) is 4.90 Å². The Morgan fingerprint density at radius 3 is 1.81 bits per heavy atom. The number of hydrogen-bond acceptors (Lipinski definition) is 1. The Bertz CT molecular complexity index is 239. The third kappa shape index (κ3) is 3.00. The van der Waals surface area contributed by atoms with E-state index < -0.39 is 0 Å². The topological polar surface area (TPSA) is 3.24 Å². The molecule has 1 nitrogen and oxygen atoms in total. The van der Waals surface area contributed by atoms with Crippen LogP contribution in [0.15, 0.2) is 0 Å². The fourth-order valence-corrected chi connectivity index (χ4v) is 3.39. The molecule has 0 aliphatic carbocycles. The highest BCUT2D eigenvalue weighted by Gasteiger charge is 2.42. The fraction of sp³-hybridized carbons (Fsp3) is 1.00. The van der Waals surface area contributed by atoms with E-state index in [1.807, 2.05) is 0 Å². The minimum Gasteiger partial charge on any atom is -0.293 e. The van der Waals surface area contributed by atoms with E-state index in [1.165, 1.54) is 19.4 Å². The monoisotopic (exact) mass is 225 g/mol. The molecule has 0 amide bonds. The van der Waals surface area contributed by atoms with E-state index in [9.17, 15) is 0 Å². The van der Waals surface area contributed by atoms with Crippen molar-refractivity contribution in [1.82, 2.24) is 4.90 Å². The number of nitrogens with zero attached hydrogens (tertiary/aromatic N) is 1. The summed E-state index contributed by atoms with van der Waals surface area (Å²) >= 11 is 0. The lowest BCUT2D eigenvalue weighted by atomic mass is 9.69. The van der Waals surface area contributed by atoms with Crippen molar-refractivity contribution in [1.29, 1.82) is 0 Å². The first-order valence-corrected chi connectivity index (χ1v) is 6.72. The van der Waals surface area contributed by atoms with Crippen LogP contribution in [0, 0.1) is 11.3 Å². The van der Waals surface area contributed by atoms with Gasteiger partial charge in [0.05, 0.1) is 0 Å². The van der Waals surface area contributed by atoms with Crippen molar-refractivity contribution >= 4 is 0 Å². The minimum absolute atomic E-state index is 0.298. The largest absolute Gasteiger partial charge is 0.293 e. The SMILES string of the molecule is CC(C)(C)C1CCN(C(C)(C)C)C(C)(C)C1. The third-order valence-electron chi connectivity index (χ3n) is 4.21. The van der Waals surface area contributed by atoms with Gasteiger partial charge in [-0.1, -0.05) is 20.8 Å². The molecule has 1 heterocycles. The highest BCUT2D eigenvalue weighted by Crippen LogP contribution is 2.43. The highest BCUT2D eigenvalue weighted by molar-refractivity contribution is 4.97. The molecular formula is C15H31N. The van der Waals surface area contributed by atoms with Crippen LogP contribution in [0.25, 0.3) is 0 Å². The van der Waals surface area contributed by atoms with Crippen LogP contribution in [0.2, 0.25) is 0 Å². The summed E-state index contributed by atoms with van der Waals surface area (Å²) in [5, 5.41) is 0. The summed E-state index contributed by atoms with van der Waals surface area (Å²) in [7, 11) is 0. The molecule has 1 atom stereocenters. The van der Waals surface area contributed by atoms with Crippen molar-refractivity contribution in [2.75, 3.05) is 6.54 Å². The van der Waals surface area contributed by atoms with Gasteiger partial charge >= 0.3 is 0 Å². The van der Waals surface area contributed by atoms with Gasteiger partial charge in [0, 0.05) is 11.1 Å². The average molecular weight is 225 g/mol. The van der Waals surface area contributed by atoms with Crippen LogP contribution in [0.3, 0.4) is 0 Å². The van der Waals surface area contributed by atoms with Crippen LogP contribution >= 0.6 is 0 Å². The second-order valence-electron chi connectivity index (χ2n) is 8.19. The number of piperidine rings is 1. The van der Waals surface area contributed by atoms with Crippen LogP contribution < -0.4 is 0 Å². The van der Waals surface area contributed by atoms with E-state index in [2.05, 4.69) is 60.3 Å². The van der Waals surface area contributed by atoms with Crippen molar-refractivity contribution in [3.63, 3.8) is 0 Å². The van der Waals surface area contributed by atoms with E-state index in [-0.39, 0.29) is 0 Å². The molecule has 1 saturated heterocycles. The molecule has 1 fully saturated rings. The molecule has 1 unspecified atom stereocenters. The number of rotatable bonds is 0. The Balaban J connectivity index is 2.82. The first-order valence-electron chi connectivity index (χ1n) is 6.72. The molecule has 96 valence electrons. The first-order chi connectivity index (χ1) is 6.94. The zero-order chi connectivity index (χ0) is 12.8. The molecule has 1 aliphatic rings. The summed E-state index contributed by atoms with van der Waals surface area (Å²) in [5.74, 6) is 0.862. The quantitative estimate of drug-likeness (QED) is 0.593. The molecule has 0 radical (unpaired) electrons. The molecule has 0 aromatic carbocycles. The summed E-state index contributed by atoms with van der Waals surface area (Å²) in [6.45, 7) is 20.3. The Hall–Kier alpha value is -0.0400. The predicted molar refractivity (Wildman–Crippen MR) is 72.7 cm³/mol. The molecule has 0 aromatic heterocycles. The van der Waals surface area contributed by atoms with E-state index in [4.69, 9.17) is 0 Å². The zero-order valence-electron chi connectivity index (χ0n) is 12.6. The Morgan fingerprint density at radius 2 is 1.50 bits per heavy atom. The molecule has 16 heavy (non-hydrogen) atoms. The van der Waals surface area contributed by atoms with Gasteiger partial charge < -0.3 is 0 Å². The van der Waals surface area contributed by atoms with E-state index in [0.29, 0.717) is 16.5 Å². The third-order valence-corrected chi connectivity index (χ3v) is 4.21. The summed E-state index contributed by atoms with van der Waals surface area (Å²) < 4.78 is 0. The van der Waals surface area contributed by atoms with Gasteiger partial charge in [0.15, 0.2) is 0 Å². The maximum Gasteiger partial charge on any atom is 0.0161 e. The van der Waals surface area contributed by atoms with Gasteiger partial charge in [-0.2, -0.15) is 0 Å². The lowest BCUT2D eigenvalue weighted by molar-refractivity contribution is -0.0438. The minimum atomic E-state index is 0.298. The maximum absolute atomic E-state index is 2.68.